The monoisotopic (exact) mass is 472 g/mol. The third kappa shape index (κ3) is 3.76. The van der Waals surface area contributed by atoms with E-state index < -0.39 is 10.0 Å². The number of halogens is 2. The summed E-state index contributed by atoms with van der Waals surface area (Å²) in [4.78, 5) is 14.9. The van der Waals surface area contributed by atoms with Crippen molar-refractivity contribution in [1.29, 1.82) is 0 Å². The summed E-state index contributed by atoms with van der Waals surface area (Å²) in [6.07, 6.45) is 1.41. The van der Waals surface area contributed by atoms with Crippen molar-refractivity contribution < 1.29 is 13.2 Å². The Morgan fingerprint density at radius 2 is 1.76 bits per heavy atom. The van der Waals surface area contributed by atoms with Crippen LogP contribution in [-0.2, 0) is 10.0 Å². The smallest absolute Gasteiger partial charge is 0.266 e. The molecule has 0 spiro atoms. The van der Waals surface area contributed by atoms with Gasteiger partial charge in [0.1, 0.15) is 16.1 Å². The van der Waals surface area contributed by atoms with E-state index in [9.17, 15) is 13.2 Å². The highest BCUT2D eigenvalue weighted by atomic mass is 35.5. The van der Waals surface area contributed by atoms with Crippen LogP contribution in [0.1, 0.15) is 9.67 Å². The second-order valence-corrected chi connectivity index (χ2v) is 9.74. The van der Waals surface area contributed by atoms with Gasteiger partial charge in [0.2, 0.25) is 10.0 Å². The van der Waals surface area contributed by atoms with Crippen molar-refractivity contribution in [3.05, 3.63) is 50.9 Å². The Labute approximate surface area is 180 Å². The van der Waals surface area contributed by atoms with Crippen LogP contribution in [0.2, 0.25) is 10.0 Å². The van der Waals surface area contributed by atoms with Crippen LogP contribution in [0, 0.1) is 0 Å². The molecule has 1 aromatic carbocycles. The zero-order valence-electron chi connectivity index (χ0n) is 14.8. The lowest BCUT2D eigenvalue weighted by Crippen LogP contribution is -2.50. The maximum Gasteiger partial charge on any atom is 0.266 e. The third-order valence-corrected chi connectivity index (χ3v) is 8.22. The fourth-order valence-electron chi connectivity index (χ4n) is 3.05. The maximum atomic E-state index is 13.0. The fraction of sp³-hybridized carbons (Fsp3) is 0.250. The van der Waals surface area contributed by atoms with Crippen LogP contribution in [0.3, 0.4) is 0 Å². The summed E-state index contributed by atoms with van der Waals surface area (Å²) in [6, 6.07) is 6.31. The Hall–Kier alpha value is -2.05. The molecule has 0 N–H and O–H groups in total. The molecular formula is C16H14Cl2N6O3S2. The van der Waals surface area contributed by atoms with Gasteiger partial charge in [-0.05, 0) is 34.0 Å². The van der Waals surface area contributed by atoms with Crippen LogP contribution in [0.4, 0.5) is 0 Å². The molecule has 1 aliphatic rings. The van der Waals surface area contributed by atoms with Crippen molar-refractivity contribution >= 4 is 50.5 Å². The fourth-order valence-corrected chi connectivity index (χ4v) is 6.41. The molecule has 3 aromatic rings. The standard InChI is InChI=1S/C16H14Cl2N6O3S2/c17-11-2-1-3-12(18)15(11)29(26,27)23-7-5-22(6-8-23)16(25)14-13(4-9-28-14)24-10-19-20-21-24/h1-4,9-10H,5-8H2. The Morgan fingerprint density at radius 3 is 2.38 bits per heavy atom. The minimum absolute atomic E-state index is 0.0701. The molecule has 0 atom stereocenters. The van der Waals surface area contributed by atoms with Gasteiger partial charge in [0.25, 0.3) is 5.91 Å². The highest BCUT2D eigenvalue weighted by molar-refractivity contribution is 7.89. The number of nitrogens with zero attached hydrogens (tertiary/aromatic N) is 6. The van der Waals surface area contributed by atoms with Crippen molar-refractivity contribution in [2.24, 2.45) is 0 Å². The summed E-state index contributed by atoms with van der Waals surface area (Å²) in [5.41, 5.74) is 0.586. The molecule has 29 heavy (non-hydrogen) atoms. The molecule has 0 radical (unpaired) electrons. The van der Waals surface area contributed by atoms with Crippen LogP contribution >= 0.6 is 34.5 Å². The predicted octanol–water partition coefficient (Wildman–Crippen LogP) is 2.18. The first-order valence-electron chi connectivity index (χ1n) is 8.44. The van der Waals surface area contributed by atoms with E-state index in [2.05, 4.69) is 15.5 Å². The van der Waals surface area contributed by atoms with E-state index in [4.69, 9.17) is 23.2 Å². The van der Waals surface area contributed by atoms with Gasteiger partial charge in [-0.2, -0.15) is 8.99 Å². The van der Waals surface area contributed by atoms with E-state index in [1.54, 1.807) is 22.4 Å². The largest absolute Gasteiger partial charge is 0.335 e. The number of benzene rings is 1. The Morgan fingerprint density at radius 1 is 1.07 bits per heavy atom. The first kappa shape index (κ1) is 20.2. The minimum atomic E-state index is -3.87. The van der Waals surface area contributed by atoms with Gasteiger partial charge < -0.3 is 4.90 Å². The number of tetrazole rings is 1. The van der Waals surface area contributed by atoms with Gasteiger partial charge in [-0.15, -0.1) is 16.4 Å². The maximum absolute atomic E-state index is 13.0. The van der Waals surface area contributed by atoms with Gasteiger partial charge in [-0.1, -0.05) is 29.3 Å². The summed E-state index contributed by atoms with van der Waals surface area (Å²) >= 11 is 13.4. The van der Waals surface area contributed by atoms with E-state index in [0.717, 1.165) is 0 Å². The molecule has 0 bridgehead atoms. The number of thiophene rings is 1. The zero-order chi connectivity index (χ0) is 20.6. The average Bonchev–Trinajstić information content (AvgIpc) is 3.38. The van der Waals surface area contributed by atoms with E-state index in [1.165, 1.54) is 38.8 Å². The lowest BCUT2D eigenvalue weighted by molar-refractivity contribution is 0.0702. The van der Waals surface area contributed by atoms with Gasteiger partial charge in [-0.25, -0.2) is 8.42 Å². The average molecular weight is 473 g/mol. The van der Waals surface area contributed by atoms with Crippen molar-refractivity contribution in [1.82, 2.24) is 29.4 Å². The van der Waals surface area contributed by atoms with Gasteiger partial charge >= 0.3 is 0 Å². The van der Waals surface area contributed by atoms with Crippen molar-refractivity contribution in [2.75, 3.05) is 26.2 Å². The number of carbonyl (C=O) groups is 1. The van der Waals surface area contributed by atoms with Gasteiger partial charge in [-0.3, -0.25) is 4.79 Å². The highest BCUT2D eigenvalue weighted by Crippen LogP contribution is 2.32. The number of carbonyl (C=O) groups excluding carboxylic acids is 1. The summed E-state index contributed by atoms with van der Waals surface area (Å²) < 4.78 is 28.7. The number of piperazine rings is 1. The molecule has 0 aliphatic carbocycles. The van der Waals surface area contributed by atoms with Crippen molar-refractivity contribution in [3.63, 3.8) is 0 Å². The summed E-state index contributed by atoms with van der Waals surface area (Å²) in [7, 11) is -3.87. The molecule has 13 heteroatoms. The molecule has 4 rings (SSSR count). The number of hydrogen-bond acceptors (Lipinski definition) is 7. The van der Waals surface area contributed by atoms with E-state index in [-0.39, 0.29) is 47.0 Å². The molecular weight excluding hydrogens is 459 g/mol. The summed E-state index contributed by atoms with van der Waals surface area (Å²) in [5, 5.41) is 12.9. The highest BCUT2D eigenvalue weighted by Gasteiger charge is 2.34. The molecule has 3 heterocycles. The normalized spacial score (nSPS) is 15.6. The van der Waals surface area contributed by atoms with Crippen LogP contribution in [0.15, 0.2) is 40.9 Å². The first-order chi connectivity index (χ1) is 13.9. The second kappa shape index (κ2) is 8.00. The summed E-state index contributed by atoms with van der Waals surface area (Å²) in [5.74, 6) is -0.196. The van der Waals surface area contributed by atoms with Crippen LogP contribution in [0.5, 0.6) is 0 Å². The van der Waals surface area contributed by atoms with E-state index in [1.807, 2.05) is 0 Å². The molecule has 152 valence electrons. The van der Waals surface area contributed by atoms with Crippen LogP contribution in [0.25, 0.3) is 5.69 Å². The lowest BCUT2D eigenvalue weighted by Gasteiger charge is -2.34. The molecule has 1 aliphatic heterocycles. The topological polar surface area (TPSA) is 101 Å². The molecule has 1 fully saturated rings. The molecule has 0 unspecified atom stereocenters. The number of hydrogen-bond donors (Lipinski definition) is 0. The Kier molecular flexibility index (Phi) is 5.58. The Balaban J connectivity index is 1.50. The molecule has 9 nitrogen and oxygen atoms in total. The van der Waals surface area contributed by atoms with Crippen LogP contribution < -0.4 is 0 Å². The Bertz CT molecular complexity index is 1120. The SMILES string of the molecule is O=C(c1sccc1-n1cnnn1)N1CCN(S(=O)(=O)c2c(Cl)cccc2Cl)CC1. The third-order valence-electron chi connectivity index (χ3n) is 4.48. The second-order valence-electron chi connectivity index (χ2n) is 6.14. The minimum Gasteiger partial charge on any atom is -0.335 e. The van der Waals surface area contributed by atoms with Gasteiger partial charge in [0, 0.05) is 26.2 Å². The van der Waals surface area contributed by atoms with Gasteiger partial charge in [0.05, 0.1) is 15.7 Å². The number of aromatic nitrogens is 4. The molecule has 0 saturated carbocycles. The van der Waals surface area contributed by atoms with Gasteiger partial charge in [0.15, 0.2) is 0 Å². The summed E-state index contributed by atoms with van der Waals surface area (Å²) in [6.45, 7) is 0.766. The number of amides is 1. The zero-order valence-corrected chi connectivity index (χ0v) is 17.9. The van der Waals surface area contributed by atoms with E-state index in [0.29, 0.717) is 10.6 Å². The van der Waals surface area contributed by atoms with E-state index >= 15 is 0 Å². The first-order valence-corrected chi connectivity index (χ1v) is 11.5. The van der Waals surface area contributed by atoms with Crippen molar-refractivity contribution in [2.45, 2.75) is 4.90 Å². The molecule has 1 amide bonds. The molecule has 2 aromatic heterocycles. The van der Waals surface area contributed by atoms with Crippen LogP contribution in [-0.4, -0.2) is 69.9 Å². The number of sulfonamides is 1. The molecule has 1 saturated heterocycles. The number of rotatable bonds is 4. The quantitative estimate of drug-likeness (QED) is 0.576. The van der Waals surface area contributed by atoms with Crippen molar-refractivity contribution in [3.8, 4) is 5.69 Å². The lowest BCUT2D eigenvalue weighted by atomic mass is 10.3. The predicted molar refractivity (Wildman–Crippen MR) is 108 cm³/mol.